The van der Waals surface area contributed by atoms with Gasteiger partial charge in [0.05, 0.1) is 0 Å². The first-order chi connectivity index (χ1) is 7.59. The largest absolute Gasteiger partial charge is 0.365 e. The summed E-state index contributed by atoms with van der Waals surface area (Å²) < 4.78 is 0. The number of nitrogens with zero attached hydrogens (tertiary/aromatic N) is 1. The van der Waals surface area contributed by atoms with Crippen LogP contribution in [-0.2, 0) is 0 Å². The Labute approximate surface area is 98.7 Å². The fraction of sp³-hybridized carbons (Fsp3) is 0.571. The summed E-state index contributed by atoms with van der Waals surface area (Å²) in [7, 11) is 0. The molecule has 0 radical (unpaired) electrons. The molecule has 88 valence electrons. The summed E-state index contributed by atoms with van der Waals surface area (Å²) in [4.78, 5) is 2.53. The van der Waals surface area contributed by atoms with Crippen molar-refractivity contribution in [3.63, 3.8) is 0 Å². The Balaban J connectivity index is 2.29. The maximum absolute atomic E-state index is 3.48. The van der Waals surface area contributed by atoms with Gasteiger partial charge < -0.3 is 10.2 Å². The van der Waals surface area contributed by atoms with Crippen LogP contribution in [0.15, 0.2) is 24.3 Å². The maximum atomic E-state index is 3.48. The van der Waals surface area contributed by atoms with Crippen molar-refractivity contribution in [2.75, 3.05) is 24.5 Å². The molecule has 1 saturated heterocycles. The third kappa shape index (κ3) is 2.38. The summed E-state index contributed by atoms with van der Waals surface area (Å²) in [6.07, 6.45) is 1.20. The summed E-state index contributed by atoms with van der Waals surface area (Å²) in [5.74, 6) is 0. The Kier molecular flexibility index (Phi) is 3.20. The number of aryl methyl sites for hydroxylation is 1. The highest BCUT2D eigenvalue weighted by Gasteiger charge is 2.28. The van der Waals surface area contributed by atoms with Crippen LogP contribution in [0.3, 0.4) is 0 Å². The Morgan fingerprint density at radius 1 is 1.25 bits per heavy atom. The molecule has 1 N–H and O–H groups in total. The molecule has 1 heterocycles. The molecule has 0 amide bonds. The lowest BCUT2D eigenvalue weighted by atomic mass is 9.97. The molecular formula is C14H22N2. The molecule has 16 heavy (non-hydrogen) atoms. The van der Waals surface area contributed by atoms with Crippen LogP contribution >= 0.6 is 0 Å². The van der Waals surface area contributed by atoms with Gasteiger partial charge in [-0.25, -0.2) is 0 Å². The zero-order chi connectivity index (χ0) is 11.6. The van der Waals surface area contributed by atoms with Gasteiger partial charge in [-0.3, -0.25) is 0 Å². The lowest BCUT2D eigenvalue weighted by Crippen LogP contribution is -2.44. The molecule has 0 atom stereocenters. The zero-order valence-corrected chi connectivity index (χ0v) is 10.6. The van der Waals surface area contributed by atoms with E-state index in [-0.39, 0.29) is 5.54 Å². The first-order valence-electron chi connectivity index (χ1n) is 6.15. The molecule has 0 bridgehead atoms. The second-order valence-electron chi connectivity index (χ2n) is 5.30. The average molecular weight is 218 g/mol. The van der Waals surface area contributed by atoms with E-state index in [2.05, 4.69) is 55.3 Å². The van der Waals surface area contributed by atoms with E-state index in [0.29, 0.717) is 0 Å². The molecule has 1 fully saturated rings. The molecular weight excluding hydrogens is 196 g/mol. The van der Waals surface area contributed by atoms with Gasteiger partial charge >= 0.3 is 0 Å². The third-order valence-electron chi connectivity index (χ3n) is 3.47. The van der Waals surface area contributed by atoms with Crippen molar-refractivity contribution in [1.82, 2.24) is 5.32 Å². The Bertz CT molecular complexity index is 358. The Hall–Kier alpha value is -1.02. The molecule has 0 saturated carbocycles. The standard InChI is InChI=1S/C14H22N2/c1-12-5-4-6-13(11-12)16-10-9-15-8-7-14(16,2)3/h4-6,11,15H,7-10H2,1-3H3. The summed E-state index contributed by atoms with van der Waals surface area (Å²) in [5.41, 5.74) is 2.94. The quantitative estimate of drug-likeness (QED) is 0.779. The lowest BCUT2D eigenvalue weighted by molar-refractivity contribution is 0.454. The molecule has 0 unspecified atom stereocenters. The van der Waals surface area contributed by atoms with E-state index in [9.17, 15) is 0 Å². The SMILES string of the molecule is Cc1cccc(N2CCNCCC2(C)C)c1. The van der Waals surface area contributed by atoms with Gasteiger partial charge in [-0.15, -0.1) is 0 Å². The second-order valence-corrected chi connectivity index (χ2v) is 5.30. The molecule has 2 rings (SSSR count). The van der Waals surface area contributed by atoms with Gasteiger partial charge in [0.1, 0.15) is 0 Å². The highest BCUT2D eigenvalue weighted by atomic mass is 15.2. The minimum absolute atomic E-state index is 0.247. The monoisotopic (exact) mass is 218 g/mol. The number of hydrogen-bond acceptors (Lipinski definition) is 2. The van der Waals surface area contributed by atoms with Gasteiger partial charge in [-0.05, 0) is 51.4 Å². The number of rotatable bonds is 1. The van der Waals surface area contributed by atoms with E-state index in [0.717, 1.165) is 19.6 Å². The van der Waals surface area contributed by atoms with Gasteiger partial charge in [0, 0.05) is 24.3 Å². The smallest absolute Gasteiger partial charge is 0.0373 e. The molecule has 0 spiro atoms. The fourth-order valence-corrected chi connectivity index (χ4v) is 2.42. The molecule has 1 aliphatic rings. The highest BCUT2D eigenvalue weighted by Crippen LogP contribution is 2.27. The molecule has 0 aliphatic carbocycles. The average Bonchev–Trinajstić information content (AvgIpc) is 2.39. The van der Waals surface area contributed by atoms with Crippen LogP contribution < -0.4 is 10.2 Å². The van der Waals surface area contributed by atoms with Gasteiger partial charge in [-0.1, -0.05) is 12.1 Å². The van der Waals surface area contributed by atoms with Gasteiger partial charge in [0.2, 0.25) is 0 Å². The number of benzene rings is 1. The van der Waals surface area contributed by atoms with Crippen LogP contribution in [0.1, 0.15) is 25.8 Å². The number of anilines is 1. The first-order valence-corrected chi connectivity index (χ1v) is 6.15. The molecule has 1 aromatic rings. The van der Waals surface area contributed by atoms with Gasteiger partial charge in [0.15, 0.2) is 0 Å². The fourth-order valence-electron chi connectivity index (χ4n) is 2.42. The first kappa shape index (κ1) is 11.5. The van der Waals surface area contributed by atoms with Crippen LogP contribution in [-0.4, -0.2) is 25.2 Å². The summed E-state index contributed by atoms with van der Waals surface area (Å²) >= 11 is 0. The van der Waals surface area contributed by atoms with Crippen LogP contribution in [0.5, 0.6) is 0 Å². The molecule has 1 aliphatic heterocycles. The molecule has 2 nitrogen and oxygen atoms in total. The molecule has 1 aromatic carbocycles. The topological polar surface area (TPSA) is 15.3 Å². The predicted octanol–water partition coefficient (Wildman–Crippen LogP) is 2.57. The Morgan fingerprint density at radius 2 is 2.06 bits per heavy atom. The minimum Gasteiger partial charge on any atom is -0.365 e. The van der Waals surface area contributed by atoms with E-state index >= 15 is 0 Å². The number of nitrogens with one attached hydrogen (secondary N) is 1. The van der Waals surface area contributed by atoms with Crippen molar-refractivity contribution in [3.05, 3.63) is 29.8 Å². The van der Waals surface area contributed by atoms with E-state index in [1.165, 1.54) is 17.7 Å². The van der Waals surface area contributed by atoms with Crippen molar-refractivity contribution < 1.29 is 0 Å². The second kappa shape index (κ2) is 4.46. The van der Waals surface area contributed by atoms with Crippen molar-refractivity contribution >= 4 is 5.69 Å². The number of hydrogen-bond donors (Lipinski definition) is 1. The van der Waals surface area contributed by atoms with Crippen LogP contribution in [0, 0.1) is 6.92 Å². The van der Waals surface area contributed by atoms with Gasteiger partial charge in [-0.2, -0.15) is 0 Å². The zero-order valence-electron chi connectivity index (χ0n) is 10.6. The van der Waals surface area contributed by atoms with E-state index in [1.54, 1.807) is 0 Å². The lowest BCUT2D eigenvalue weighted by Gasteiger charge is -2.39. The van der Waals surface area contributed by atoms with Crippen molar-refractivity contribution in [2.45, 2.75) is 32.7 Å². The van der Waals surface area contributed by atoms with Gasteiger partial charge in [0.25, 0.3) is 0 Å². The minimum atomic E-state index is 0.247. The summed E-state index contributed by atoms with van der Waals surface area (Å²) in [6, 6.07) is 8.82. The van der Waals surface area contributed by atoms with Crippen LogP contribution in [0.4, 0.5) is 5.69 Å². The third-order valence-corrected chi connectivity index (χ3v) is 3.47. The van der Waals surface area contributed by atoms with Crippen molar-refractivity contribution in [2.24, 2.45) is 0 Å². The highest BCUT2D eigenvalue weighted by molar-refractivity contribution is 5.50. The summed E-state index contributed by atoms with van der Waals surface area (Å²) in [5, 5.41) is 3.48. The van der Waals surface area contributed by atoms with Crippen molar-refractivity contribution in [3.8, 4) is 0 Å². The predicted molar refractivity (Wildman–Crippen MR) is 70.1 cm³/mol. The van der Waals surface area contributed by atoms with Crippen molar-refractivity contribution in [1.29, 1.82) is 0 Å². The van der Waals surface area contributed by atoms with E-state index < -0.39 is 0 Å². The van der Waals surface area contributed by atoms with Crippen LogP contribution in [0.2, 0.25) is 0 Å². The molecule has 2 heteroatoms. The molecule has 0 aromatic heterocycles. The Morgan fingerprint density at radius 3 is 2.81 bits per heavy atom. The van der Waals surface area contributed by atoms with E-state index in [4.69, 9.17) is 0 Å². The normalized spacial score (nSPS) is 20.6. The van der Waals surface area contributed by atoms with Crippen LogP contribution in [0.25, 0.3) is 0 Å². The van der Waals surface area contributed by atoms with E-state index in [1.807, 2.05) is 0 Å². The summed E-state index contributed by atoms with van der Waals surface area (Å²) in [6.45, 7) is 10.1. The maximum Gasteiger partial charge on any atom is 0.0373 e.